The van der Waals surface area contributed by atoms with E-state index < -0.39 is 10.0 Å². The lowest BCUT2D eigenvalue weighted by Crippen LogP contribution is -2.48. The Kier molecular flexibility index (Phi) is 3.68. The molecule has 2 rings (SSSR count). The van der Waals surface area contributed by atoms with Gasteiger partial charge >= 0.3 is 0 Å². The first-order chi connectivity index (χ1) is 8.32. The average Bonchev–Trinajstić information content (AvgIpc) is 2.58. The molecule has 1 aliphatic heterocycles. The highest BCUT2D eigenvalue weighted by Crippen LogP contribution is 2.25. The minimum atomic E-state index is -3.65. The molecule has 1 fully saturated rings. The maximum atomic E-state index is 12.4. The minimum absolute atomic E-state index is 0.0898. The van der Waals surface area contributed by atoms with Gasteiger partial charge in [0.1, 0.15) is 5.15 Å². The number of sulfonamides is 1. The quantitative estimate of drug-likeness (QED) is 0.812. The van der Waals surface area contributed by atoms with E-state index in [0.717, 1.165) is 0 Å². The molecule has 0 radical (unpaired) electrons. The van der Waals surface area contributed by atoms with Gasteiger partial charge in [0.05, 0.1) is 18.5 Å². The summed E-state index contributed by atoms with van der Waals surface area (Å²) in [6, 6.07) is 0. The summed E-state index contributed by atoms with van der Waals surface area (Å²) < 4.78 is 33.2. The highest BCUT2D eigenvalue weighted by molar-refractivity contribution is 7.89. The lowest BCUT2D eigenvalue weighted by molar-refractivity contribution is -0.0441. The fourth-order valence-electron chi connectivity index (χ4n) is 2.02. The van der Waals surface area contributed by atoms with Crippen LogP contribution in [0.4, 0.5) is 0 Å². The zero-order valence-electron chi connectivity index (χ0n) is 10.5. The number of rotatable bonds is 2. The highest BCUT2D eigenvalue weighted by atomic mass is 35.5. The predicted octanol–water partition coefficient (Wildman–Crippen LogP) is 0.871. The van der Waals surface area contributed by atoms with Gasteiger partial charge in [-0.2, -0.15) is 4.31 Å². The number of hydrogen-bond acceptors (Lipinski definition) is 4. The zero-order valence-corrected chi connectivity index (χ0v) is 12.1. The van der Waals surface area contributed by atoms with Gasteiger partial charge in [-0.25, -0.2) is 13.4 Å². The Hall–Kier alpha value is -0.630. The predicted molar refractivity (Wildman–Crippen MR) is 67.0 cm³/mol. The van der Waals surface area contributed by atoms with Crippen LogP contribution in [0.3, 0.4) is 0 Å². The summed E-state index contributed by atoms with van der Waals surface area (Å²) >= 11 is 5.95. The van der Waals surface area contributed by atoms with Gasteiger partial charge in [0.15, 0.2) is 0 Å². The van der Waals surface area contributed by atoms with Gasteiger partial charge in [0, 0.05) is 20.1 Å². The van der Waals surface area contributed by atoms with Crippen molar-refractivity contribution >= 4 is 21.6 Å². The second-order valence-electron chi connectivity index (χ2n) is 4.53. The Bertz CT molecular complexity index is 533. The summed E-state index contributed by atoms with van der Waals surface area (Å²) in [6.07, 6.45) is 1.12. The second-order valence-corrected chi connectivity index (χ2v) is 6.74. The van der Waals surface area contributed by atoms with E-state index in [0.29, 0.717) is 13.1 Å². The minimum Gasteiger partial charge on any atom is -0.373 e. The van der Waals surface area contributed by atoms with Crippen LogP contribution in [0.2, 0.25) is 5.15 Å². The second kappa shape index (κ2) is 4.80. The van der Waals surface area contributed by atoms with Crippen molar-refractivity contribution in [3.63, 3.8) is 0 Å². The molecule has 0 spiro atoms. The number of nitrogens with zero attached hydrogens (tertiary/aromatic N) is 3. The first-order valence-corrected chi connectivity index (χ1v) is 7.46. The van der Waals surface area contributed by atoms with Crippen LogP contribution >= 0.6 is 11.6 Å². The molecule has 0 N–H and O–H groups in total. The average molecular weight is 294 g/mol. The smallest absolute Gasteiger partial charge is 0.263 e. The largest absolute Gasteiger partial charge is 0.373 e. The van der Waals surface area contributed by atoms with Crippen molar-refractivity contribution in [2.24, 2.45) is 7.05 Å². The number of ether oxygens (including phenoxy) is 1. The molecule has 8 heteroatoms. The molecule has 1 aromatic heterocycles. The Labute approximate surface area is 112 Å². The third-order valence-electron chi connectivity index (χ3n) is 2.80. The summed E-state index contributed by atoms with van der Waals surface area (Å²) in [5.74, 6) is 0. The summed E-state index contributed by atoms with van der Waals surface area (Å²) in [5.41, 5.74) is 0. The molecule has 6 nitrogen and oxygen atoms in total. The molecule has 0 bridgehead atoms. The van der Waals surface area contributed by atoms with Crippen LogP contribution in [0.25, 0.3) is 0 Å². The maximum absolute atomic E-state index is 12.4. The van der Waals surface area contributed by atoms with E-state index in [9.17, 15) is 8.42 Å². The van der Waals surface area contributed by atoms with Gasteiger partial charge in [0.25, 0.3) is 10.0 Å². The van der Waals surface area contributed by atoms with Crippen LogP contribution in [0.15, 0.2) is 11.4 Å². The standard InChI is InChI=1S/C10H16ClN3O3S/c1-7-4-14(5-8(2)17-7)18(15,16)10-9(11)13(3)6-12-10/h6-8H,4-5H2,1-3H3. The van der Waals surface area contributed by atoms with Gasteiger partial charge < -0.3 is 9.30 Å². The Morgan fingerprint density at radius 3 is 2.39 bits per heavy atom. The Morgan fingerprint density at radius 1 is 1.39 bits per heavy atom. The molecule has 0 amide bonds. The molecule has 18 heavy (non-hydrogen) atoms. The fraction of sp³-hybridized carbons (Fsp3) is 0.700. The summed E-state index contributed by atoms with van der Waals surface area (Å²) in [5, 5.41) is 0.0368. The van der Waals surface area contributed by atoms with Crippen LogP contribution in [0, 0.1) is 0 Å². The molecule has 1 saturated heterocycles. The number of morpholine rings is 1. The monoisotopic (exact) mass is 293 g/mol. The van der Waals surface area contributed by atoms with Crippen LogP contribution in [0.5, 0.6) is 0 Å². The molecule has 102 valence electrons. The molecular weight excluding hydrogens is 278 g/mol. The van der Waals surface area contributed by atoms with Gasteiger partial charge in [-0.3, -0.25) is 0 Å². The Morgan fingerprint density at radius 2 is 1.94 bits per heavy atom. The first kappa shape index (κ1) is 13.8. The van der Waals surface area contributed by atoms with E-state index in [1.54, 1.807) is 7.05 Å². The van der Waals surface area contributed by atoms with E-state index in [4.69, 9.17) is 16.3 Å². The molecular formula is C10H16ClN3O3S. The number of aryl methyl sites for hydroxylation is 1. The molecule has 0 saturated carbocycles. The van der Waals surface area contributed by atoms with Gasteiger partial charge in [-0.15, -0.1) is 0 Å². The summed E-state index contributed by atoms with van der Waals surface area (Å²) in [6.45, 7) is 4.33. The van der Waals surface area contributed by atoms with Crippen LogP contribution < -0.4 is 0 Å². The van der Waals surface area contributed by atoms with Crippen LogP contribution in [0.1, 0.15) is 13.8 Å². The fourth-order valence-corrected chi connectivity index (χ4v) is 4.00. The van der Waals surface area contributed by atoms with Crippen molar-refractivity contribution in [3.05, 3.63) is 11.5 Å². The van der Waals surface area contributed by atoms with E-state index in [-0.39, 0.29) is 22.4 Å². The molecule has 2 unspecified atom stereocenters. The van der Waals surface area contributed by atoms with Crippen molar-refractivity contribution in [1.82, 2.24) is 13.9 Å². The zero-order chi connectivity index (χ0) is 13.5. The number of hydrogen-bond donors (Lipinski definition) is 0. The topological polar surface area (TPSA) is 64.4 Å². The summed E-state index contributed by atoms with van der Waals surface area (Å²) in [7, 11) is -2.00. The first-order valence-electron chi connectivity index (χ1n) is 5.64. The molecule has 0 aliphatic carbocycles. The third kappa shape index (κ3) is 2.40. The third-order valence-corrected chi connectivity index (χ3v) is 5.13. The van der Waals surface area contributed by atoms with Crippen molar-refractivity contribution in [2.45, 2.75) is 31.1 Å². The number of imidazole rings is 1. The van der Waals surface area contributed by atoms with Crippen molar-refractivity contribution < 1.29 is 13.2 Å². The van der Waals surface area contributed by atoms with Crippen molar-refractivity contribution in [2.75, 3.05) is 13.1 Å². The highest BCUT2D eigenvalue weighted by Gasteiger charge is 2.35. The lowest BCUT2D eigenvalue weighted by atomic mass is 10.3. The summed E-state index contributed by atoms with van der Waals surface area (Å²) in [4.78, 5) is 3.87. The molecule has 0 aromatic carbocycles. The van der Waals surface area contributed by atoms with E-state index in [2.05, 4.69) is 4.98 Å². The van der Waals surface area contributed by atoms with Crippen LogP contribution in [-0.4, -0.2) is 47.6 Å². The van der Waals surface area contributed by atoms with E-state index >= 15 is 0 Å². The Balaban J connectivity index is 2.34. The van der Waals surface area contributed by atoms with Gasteiger partial charge in [-0.05, 0) is 13.8 Å². The van der Waals surface area contributed by atoms with Crippen molar-refractivity contribution in [3.8, 4) is 0 Å². The molecule has 2 atom stereocenters. The van der Waals surface area contributed by atoms with Gasteiger partial charge in [-0.1, -0.05) is 11.6 Å². The molecule has 1 aliphatic rings. The lowest BCUT2D eigenvalue weighted by Gasteiger charge is -2.33. The van der Waals surface area contributed by atoms with Crippen molar-refractivity contribution in [1.29, 1.82) is 0 Å². The van der Waals surface area contributed by atoms with E-state index in [1.807, 2.05) is 13.8 Å². The van der Waals surface area contributed by atoms with E-state index in [1.165, 1.54) is 15.2 Å². The SMILES string of the molecule is CC1CN(S(=O)(=O)c2ncn(C)c2Cl)CC(C)O1. The normalized spacial score (nSPS) is 26.4. The van der Waals surface area contributed by atoms with Gasteiger partial charge in [0.2, 0.25) is 5.03 Å². The number of halogens is 1. The molecule has 2 heterocycles. The molecule has 1 aromatic rings. The maximum Gasteiger partial charge on any atom is 0.263 e. The number of aromatic nitrogens is 2. The van der Waals surface area contributed by atoms with Crippen LogP contribution in [-0.2, 0) is 21.8 Å².